The van der Waals surface area contributed by atoms with Crippen LogP contribution in [0.4, 0.5) is 5.82 Å². The average molecular weight is 410 g/mol. The summed E-state index contributed by atoms with van der Waals surface area (Å²) in [5, 5.41) is 3.44. The minimum atomic E-state index is 0. The summed E-state index contributed by atoms with van der Waals surface area (Å²) < 4.78 is 5.95. The number of hydrogen-bond acceptors (Lipinski definition) is 6. The van der Waals surface area contributed by atoms with Crippen LogP contribution in [-0.2, 0) is 6.42 Å². The van der Waals surface area contributed by atoms with Gasteiger partial charge in [-0.3, -0.25) is 9.97 Å². The Morgan fingerprint density at radius 3 is 2.76 bits per heavy atom. The van der Waals surface area contributed by atoms with E-state index in [1.807, 2.05) is 38.2 Å². The second kappa shape index (κ2) is 9.22. The van der Waals surface area contributed by atoms with Crippen LogP contribution >= 0.6 is 13.5 Å². The highest BCUT2D eigenvalue weighted by atomic mass is 32.1. The smallest absolute Gasteiger partial charge is 0.144 e. The summed E-state index contributed by atoms with van der Waals surface area (Å²) in [4.78, 5) is 17.7. The van der Waals surface area contributed by atoms with Crippen molar-refractivity contribution < 1.29 is 4.74 Å². The predicted octanol–water partition coefficient (Wildman–Crippen LogP) is 4.20. The van der Waals surface area contributed by atoms with Gasteiger partial charge in [-0.25, -0.2) is 9.97 Å². The van der Waals surface area contributed by atoms with Gasteiger partial charge in [0.05, 0.1) is 18.0 Å². The second-order valence-corrected chi connectivity index (χ2v) is 7.34. The van der Waals surface area contributed by atoms with Gasteiger partial charge in [-0.1, -0.05) is 6.92 Å². The molecule has 1 atom stereocenters. The third-order valence-corrected chi connectivity index (χ3v) is 5.00. The van der Waals surface area contributed by atoms with Crippen molar-refractivity contribution in [3.63, 3.8) is 0 Å². The molecule has 0 aliphatic carbocycles. The van der Waals surface area contributed by atoms with Gasteiger partial charge in [0.15, 0.2) is 0 Å². The number of hydrogen-bond donors (Lipinski definition) is 1. The van der Waals surface area contributed by atoms with E-state index >= 15 is 0 Å². The fourth-order valence-corrected chi connectivity index (χ4v) is 3.47. The summed E-state index contributed by atoms with van der Waals surface area (Å²) in [7, 11) is 0. The lowest BCUT2D eigenvalue weighted by molar-refractivity contribution is 0.280. The Morgan fingerprint density at radius 1 is 1.10 bits per heavy atom. The first-order chi connectivity index (χ1) is 13.6. The molecule has 0 fully saturated rings. The molecule has 4 rings (SSSR count). The summed E-state index contributed by atoms with van der Waals surface area (Å²) in [6, 6.07) is 8.12. The number of ether oxygens (including phenoxy) is 1. The van der Waals surface area contributed by atoms with Crippen LogP contribution in [0.25, 0.3) is 11.3 Å². The third-order valence-electron chi connectivity index (χ3n) is 5.00. The Balaban J connectivity index is 0.00000240. The SMILES string of the molecule is Cc1ccc(-c2cc(NC[C@@H](C)c3cc(C)nc4c3OCCC4)ncn2)cn1.S. The molecule has 0 aromatic carbocycles. The molecule has 29 heavy (non-hydrogen) atoms. The zero-order valence-corrected chi connectivity index (χ0v) is 18.1. The lowest BCUT2D eigenvalue weighted by atomic mass is 9.97. The first-order valence-electron chi connectivity index (χ1n) is 9.72. The molecular formula is C22H27N5OS. The summed E-state index contributed by atoms with van der Waals surface area (Å²) in [6.45, 7) is 7.74. The topological polar surface area (TPSA) is 72.8 Å². The van der Waals surface area contributed by atoms with E-state index < -0.39 is 0 Å². The van der Waals surface area contributed by atoms with Gasteiger partial charge in [-0.15, -0.1) is 0 Å². The second-order valence-electron chi connectivity index (χ2n) is 7.34. The van der Waals surface area contributed by atoms with Crippen LogP contribution in [0, 0.1) is 13.8 Å². The Kier molecular flexibility index (Phi) is 6.69. The van der Waals surface area contributed by atoms with Crippen molar-refractivity contribution in [1.29, 1.82) is 0 Å². The fraction of sp³-hybridized carbons (Fsp3) is 0.364. The molecule has 6 nitrogen and oxygen atoms in total. The van der Waals surface area contributed by atoms with E-state index in [9.17, 15) is 0 Å². The number of aryl methyl sites for hydroxylation is 3. The van der Waals surface area contributed by atoms with Crippen molar-refractivity contribution in [2.75, 3.05) is 18.5 Å². The van der Waals surface area contributed by atoms with Gasteiger partial charge in [0.1, 0.15) is 17.9 Å². The lowest BCUT2D eigenvalue weighted by Gasteiger charge is -2.23. The van der Waals surface area contributed by atoms with Crippen LogP contribution in [-0.4, -0.2) is 33.1 Å². The highest BCUT2D eigenvalue weighted by molar-refractivity contribution is 7.59. The van der Waals surface area contributed by atoms with E-state index in [1.54, 1.807) is 6.33 Å². The van der Waals surface area contributed by atoms with Gasteiger partial charge in [0, 0.05) is 47.2 Å². The molecule has 0 unspecified atom stereocenters. The largest absolute Gasteiger partial charge is 0.491 e. The van der Waals surface area contributed by atoms with E-state index in [0.717, 1.165) is 65.9 Å². The molecule has 0 amide bonds. The maximum atomic E-state index is 5.95. The van der Waals surface area contributed by atoms with Gasteiger partial charge >= 0.3 is 0 Å². The van der Waals surface area contributed by atoms with E-state index in [1.165, 1.54) is 5.56 Å². The predicted molar refractivity (Wildman–Crippen MR) is 120 cm³/mol. The Bertz CT molecular complexity index is 977. The molecule has 1 aliphatic heterocycles. The van der Waals surface area contributed by atoms with Gasteiger partial charge < -0.3 is 10.1 Å². The van der Waals surface area contributed by atoms with Crippen molar-refractivity contribution >= 4 is 19.3 Å². The van der Waals surface area contributed by atoms with E-state index in [2.05, 4.69) is 38.2 Å². The van der Waals surface area contributed by atoms with Crippen LogP contribution in [0.2, 0.25) is 0 Å². The van der Waals surface area contributed by atoms with Crippen LogP contribution in [0.1, 0.15) is 41.9 Å². The lowest BCUT2D eigenvalue weighted by Crippen LogP contribution is -2.17. The van der Waals surface area contributed by atoms with E-state index in [0.29, 0.717) is 0 Å². The summed E-state index contributed by atoms with van der Waals surface area (Å²) in [5.41, 5.74) is 6.18. The van der Waals surface area contributed by atoms with Crippen LogP contribution < -0.4 is 10.1 Å². The Hall–Kier alpha value is -2.67. The molecule has 1 aliphatic rings. The quantitative estimate of drug-likeness (QED) is 0.681. The van der Waals surface area contributed by atoms with Crippen molar-refractivity contribution in [3.8, 4) is 17.0 Å². The molecule has 0 spiro atoms. The van der Waals surface area contributed by atoms with Gasteiger partial charge in [0.25, 0.3) is 0 Å². The summed E-state index contributed by atoms with van der Waals surface area (Å²) in [5.74, 6) is 2.05. The summed E-state index contributed by atoms with van der Waals surface area (Å²) >= 11 is 0. The number of aromatic nitrogens is 4. The highest BCUT2D eigenvalue weighted by Crippen LogP contribution is 2.33. The van der Waals surface area contributed by atoms with Crippen LogP contribution in [0.5, 0.6) is 5.75 Å². The number of nitrogens with zero attached hydrogens (tertiary/aromatic N) is 4. The molecule has 4 heterocycles. The molecule has 7 heteroatoms. The van der Waals surface area contributed by atoms with Crippen molar-refractivity contribution in [2.24, 2.45) is 0 Å². The molecule has 3 aromatic heterocycles. The van der Waals surface area contributed by atoms with Gasteiger partial charge in [-0.2, -0.15) is 13.5 Å². The standard InChI is InChI=1S/C22H25N5O.H2S/c1-14(18-9-16(3)27-19-5-4-8-28-22(18)19)11-24-21-10-20(25-13-26-21)17-7-6-15(2)23-12-17;/h6-7,9-10,12-14H,4-5,8,11H2,1-3H3,(H,24,25,26);1H2/t14-;/m1./s1. The number of anilines is 1. The highest BCUT2D eigenvalue weighted by Gasteiger charge is 2.20. The third kappa shape index (κ3) is 4.85. The zero-order valence-electron chi connectivity index (χ0n) is 17.1. The van der Waals surface area contributed by atoms with E-state index in [-0.39, 0.29) is 19.4 Å². The minimum Gasteiger partial charge on any atom is -0.491 e. The number of nitrogens with one attached hydrogen (secondary N) is 1. The first kappa shape index (κ1) is 21.0. The Morgan fingerprint density at radius 2 is 1.97 bits per heavy atom. The van der Waals surface area contributed by atoms with E-state index in [4.69, 9.17) is 4.74 Å². The molecule has 0 saturated carbocycles. The molecular weight excluding hydrogens is 382 g/mol. The average Bonchev–Trinajstić information content (AvgIpc) is 2.72. The first-order valence-corrected chi connectivity index (χ1v) is 9.72. The van der Waals surface area contributed by atoms with Gasteiger partial charge in [-0.05, 0) is 44.9 Å². The molecule has 0 bridgehead atoms. The van der Waals surface area contributed by atoms with Crippen molar-refractivity contribution in [3.05, 3.63) is 59.4 Å². The normalized spacial score (nSPS) is 13.6. The number of rotatable bonds is 5. The molecule has 0 radical (unpaired) electrons. The molecule has 0 saturated heterocycles. The Labute approximate surface area is 178 Å². The minimum absolute atomic E-state index is 0. The molecule has 3 aromatic rings. The fourth-order valence-electron chi connectivity index (χ4n) is 3.47. The molecule has 1 N–H and O–H groups in total. The van der Waals surface area contributed by atoms with Crippen molar-refractivity contribution in [1.82, 2.24) is 19.9 Å². The van der Waals surface area contributed by atoms with Crippen LogP contribution in [0.3, 0.4) is 0 Å². The monoisotopic (exact) mass is 409 g/mol. The zero-order chi connectivity index (χ0) is 19.5. The van der Waals surface area contributed by atoms with Crippen molar-refractivity contribution in [2.45, 2.75) is 39.5 Å². The number of fused-ring (bicyclic) bond motifs is 1. The molecule has 152 valence electrons. The summed E-state index contributed by atoms with van der Waals surface area (Å²) in [6.07, 6.45) is 5.45. The maximum Gasteiger partial charge on any atom is 0.144 e. The van der Waals surface area contributed by atoms with Gasteiger partial charge in [0.2, 0.25) is 0 Å². The number of pyridine rings is 2. The maximum absolute atomic E-state index is 5.95. The van der Waals surface area contributed by atoms with Crippen LogP contribution in [0.15, 0.2) is 36.8 Å².